The van der Waals surface area contributed by atoms with E-state index in [-0.39, 0.29) is 18.4 Å². The Morgan fingerprint density at radius 3 is 2.19 bits per heavy atom. The van der Waals surface area contributed by atoms with Crippen LogP contribution in [0, 0.1) is 0 Å². The van der Waals surface area contributed by atoms with Crippen LogP contribution in [0.3, 0.4) is 0 Å². The summed E-state index contributed by atoms with van der Waals surface area (Å²) in [6.45, 7) is 0.00277. The van der Waals surface area contributed by atoms with Crippen molar-refractivity contribution >= 4 is 23.2 Å². The molecule has 0 fully saturated rings. The summed E-state index contributed by atoms with van der Waals surface area (Å²) in [5.41, 5.74) is 2.98. The SMILES string of the molecule is O=C1COc2ccc(NC(=O)C(c3ccccc3)c3ccccc3)cc2N1. The van der Waals surface area contributed by atoms with Crippen LogP contribution < -0.4 is 15.4 Å². The Labute approximate surface area is 157 Å². The highest BCUT2D eigenvalue weighted by molar-refractivity contribution is 6.00. The van der Waals surface area contributed by atoms with Gasteiger partial charge in [0.05, 0.1) is 11.6 Å². The summed E-state index contributed by atoms with van der Waals surface area (Å²) in [6, 6.07) is 24.5. The lowest BCUT2D eigenvalue weighted by Gasteiger charge is -2.20. The zero-order valence-electron chi connectivity index (χ0n) is 14.5. The van der Waals surface area contributed by atoms with Gasteiger partial charge in [-0.2, -0.15) is 0 Å². The van der Waals surface area contributed by atoms with Gasteiger partial charge in [0.2, 0.25) is 5.91 Å². The van der Waals surface area contributed by atoms with E-state index in [1.165, 1.54) is 0 Å². The lowest BCUT2D eigenvalue weighted by Crippen LogP contribution is -2.26. The minimum atomic E-state index is -0.436. The Kier molecular flexibility index (Phi) is 4.58. The largest absolute Gasteiger partial charge is 0.482 e. The summed E-state index contributed by atoms with van der Waals surface area (Å²) in [4.78, 5) is 24.6. The van der Waals surface area contributed by atoms with E-state index in [1.807, 2.05) is 60.7 Å². The highest BCUT2D eigenvalue weighted by Gasteiger charge is 2.23. The van der Waals surface area contributed by atoms with E-state index < -0.39 is 5.92 Å². The lowest BCUT2D eigenvalue weighted by atomic mass is 9.90. The smallest absolute Gasteiger partial charge is 0.262 e. The highest BCUT2D eigenvalue weighted by atomic mass is 16.5. The first-order valence-corrected chi connectivity index (χ1v) is 8.68. The molecule has 1 aliphatic heterocycles. The Morgan fingerprint density at radius 2 is 1.56 bits per heavy atom. The molecule has 0 radical (unpaired) electrons. The van der Waals surface area contributed by atoms with Gasteiger partial charge in [-0.15, -0.1) is 0 Å². The molecule has 0 aliphatic carbocycles. The molecule has 2 amide bonds. The van der Waals surface area contributed by atoms with Crippen molar-refractivity contribution < 1.29 is 14.3 Å². The van der Waals surface area contributed by atoms with Crippen LogP contribution in [0.2, 0.25) is 0 Å². The van der Waals surface area contributed by atoms with Gasteiger partial charge in [0, 0.05) is 5.69 Å². The van der Waals surface area contributed by atoms with Crippen molar-refractivity contribution in [3.63, 3.8) is 0 Å². The predicted octanol–water partition coefficient (Wildman–Crippen LogP) is 3.79. The monoisotopic (exact) mass is 358 g/mol. The molecule has 0 saturated carbocycles. The minimum absolute atomic E-state index is 0.00277. The lowest BCUT2D eigenvalue weighted by molar-refractivity contribution is -0.118. The summed E-state index contributed by atoms with van der Waals surface area (Å²) >= 11 is 0. The van der Waals surface area contributed by atoms with E-state index >= 15 is 0 Å². The van der Waals surface area contributed by atoms with E-state index in [0.29, 0.717) is 17.1 Å². The van der Waals surface area contributed by atoms with Crippen LogP contribution in [-0.4, -0.2) is 18.4 Å². The number of rotatable bonds is 4. The average molecular weight is 358 g/mol. The van der Waals surface area contributed by atoms with Crippen molar-refractivity contribution in [2.75, 3.05) is 17.2 Å². The van der Waals surface area contributed by atoms with E-state index in [4.69, 9.17) is 4.74 Å². The van der Waals surface area contributed by atoms with Gasteiger partial charge < -0.3 is 15.4 Å². The van der Waals surface area contributed by atoms with Gasteiger partial charge in [-0.05, 0) is 29.3 Å². The topological polar surface area (TPSA) is 67.4 Å². The van der Waals surface area contributed by atoms with Gasteiger partial charge in [-0.1, -0.05) is 60.7 Å². The molecule has 0 atom stereocenters. The summed E-state index contributed by atoms with van der Waals surface area (Å²) < 4.78 is 5.36. The molecule has 1 aliphatic rings. The fourth-order valence-electron chi connectivity index (χ4n) is 3.16. The van der Waals surface area contributed by atoms with Crippen LogP contribution in [-0.2, 0) is 9.59 Å². The molecule has 1 heterocycles. The number of carbonyl (C=O) groups is 2. The van der Waals surface area contributed by atoms with E-state index in [9.17, 15) is 9.59 Å². The number of benzene rings is 3. The third kappa shape index (κ3) is 3.67. The quantitative estimate of drug-likeness (QED) is 0.746. The van der Waals surface area contributed by atoms with Crippen LogP contribution in [0.25, 0.3) is 0 Å². The second-order valence-corrected chi connectivity index (χ2v) is 6.29. The van der Waals surface area contributed by atoms with Crippen LogP contribution in [0.4, 0.5) is 11.4 Å². The van der Waals surface area contributed by atoms with E-state index in [1.54, 1.807) is 18.2 Å². The van der Waals surface area contributed by atoms with Crippen LogP contribution >= 0.6 is 0 Å². The molecular weight excluding hydrogens is 340 g/mol. The van der Waals surface area contributed by atoms with Crippen LogP contribution in [0.5, 0.6) is 5.75 Å². The maximum atomic E-state index is 13.1. The molecule has 27 heavy (non-hydrogen) atoms. The number of fused-ring (bicyclic) bond motifs is 1. The Balaban J connectivity index is 1.63. The number of hydrogen-bond acceptors (Lipinski definition) is 3. The molecule has 4 rings (SSSR count). The standard InChI is InChI=1S/C22H18N2O3/c25-20-14-27-19-12-11-17(13-18(19)24-20)23-22(26)21(15-7-3-1-4-8-15)16-9-5-2-6-10-16/h1-13,21H,14H2,(H,23,26)(H,24,25). The maximum absolute atomic E-state index is 13.1. The average Bonchev–Trinajstić information content (AvgIpc) is 2.69. The zero-order chi connectivity index (χ0) is 18.6. The normalized spacial score (nSPS) is 12.7. The molecule has 0 unspecified atom stereocenters. The number of amides is 2. The number of hydrogen-bond donors (Lipinski definition) is 2. The van der Waals surface area contributed by atoms with Crippen molar-refractivity contribution in [2.45, 2.75) is 5.92 Å². The predicted molar refractivity (Wildman–Crippen MR) is 104 cm³/mol. The molecule has 134 valence electrons. The van der Waals surface area contributed by atoms with Gasteiger partial charge in [0.25, 0.3) is 5.91 Å². The molecule has 3 aromatic carbocycles. The summed E-state index contributed by atoms with van der Waals surface area (Å²) in [6.07, 6.45) is 0. The number of nitrogens with one attached hydrogen (secondary N) is 2. The van der Waals surface area contributed by atoms with Crippen molar-refractivity contribution in [1.82, 2.24) is 0 Å². The molecule has 5 nitrogen and oxygen atoms in total. The third-order valence-corrected chi connectivity index (χ3v) is 4.41. The first kappa shape index (κ1) is 16.8. The van der Waals surface area contributed by atoms with Gasteiger partial charge >= 0.3 is 0 Å². The summed E-state index contributed by atoms with van der Waals surface area (Å²) in [5.74, 6) is -0.197. The van der Waals surface area contributed by atoms with Crippen LogP contribution in [0.1, 0.15) is 17.0 Å². The summed E-state index contributed by atoms with van der Waals surface area (Å²) in [7, 11) is 0. The van der Waals surface area contributed by atoms with Gasteiger partial charge in [-0.3, -0.25) is 9.59 Å². The molecule has 0 aromatic heterocycles. The third-order valence-electron chi connectivity index (χ3n) is 4.41. The first-order chi connectivity index (χ1) is 13.2. The van der Waals surface area contributed by atoms with E-state index in [2.05, 4.69) is 10.6 Å². The molecule has 0 saturated heterocycles. The molecule has 3 aromatic rings. The molecule has 0 spiro atoms. The van der Waals surface area contributed by atoms with Crippen molar-refractivity contribution in [2.24, 2.45) is 0 Å². The van der Waals surface area contributed by atoms with Crippen LogP contribution in [0.15, 0.2) is 78.9 Å². The van der Waals surface area contributed by atoms with Crippen molar-refractivity contribution in [1.29, 1.82) is 0 Å². The van der Waals surface area contributed by atoms with Gasteiger partial charge in [0.15, 0.2) is 6.61 Å². The van der Waals surface area contributed by atoms with Crippen molar-refractivity contribution in [3.8, 4) is 5.75 Å². The van der Waals surface area contributed by atoms with Crippen molar-refractivity contribution in [3.05, 3.63) is 90.0 Å². The molecule has 0 bridgehead atoms. The molecular formula is C22H18N2O3. The number of carbonyl (C=O) groups excluding carboxylic acids is 2. The number of anilines is 2. The van der Waals surface area contributed by atoms with Gasteiger partial charge in [-0.25, -0.2) is 0 Å². The minimum Gasteiger partial charge on any atom is -0.482 e. The second-order valence-electron chi connectivity index (χ2n) is 6.29. The van der Waals surface area contributed by atoms with E-state index in [0.717, 1.165) is 11.1 Å². The Morgan fingerprint density at radius 1 is 0.926 bits per heavy atom. The fourth-order valence-corrected chi connectivity index (χ4v) is 3.16. The molecule has 5 heteroatoms. The first-order valence-electron chi connectivity index (χ1n) is 8.68. The highest BCUT2D eigenvalue weighted by Crippen LogP contribution is 2.32. The Bertz CT molecular complexity index is 932. The maximum Gasteiger partial charge on any atom is 0.262 e. The number of ether oxygens (including phenoxy) is 1. The molecule has 2 N–H and O–H groups in total. The zero-order valence-corrected chi connectivity index (χ0v) is 14.5. The summed E-state index contributed by atoms with van der Waals surface area (Å²) in [5, 5.41) is 5.71. The Hall–Kier alpha value is -3.60. The second kappa shape index (κ2) is 7.33. The van der Waals surface area contributed by atoms with Gasteiger partial charge in [0.1, 0.15) is 5.75 Å². The fraction of sp³-hybridized carbons (Fsp3) is 0.0909.